The molecule has 0 radical (unpaired) electrons. The molecule has 1 unspecified atom stereocenters. The van der Waals surface area contributed by atoms with E-state index in [0.29, 0.717) is 0 Å². The van der Waals surface area contributed by atoms with E-state index in [-0.39, 0.29) is 8.55 Å². The minimum Gasteiger partial charge on any atom is -0.366 e. The third-order valence-electron chi connectivity index (χ3n) is 3.56. The summed E-state index contributed by atoms with van der Waals surface area (Å²) in [5.41, 5.74) is 2.84. The zero-order valence-electron chi connectivity index (χ0n) is 12.1. The second-order valence-electron chi connectivity index (χ2n) is 4.74. The Morgan fingerprint density at radius 2 is 1.75 bits per heavy atom. The van der Waals surface area contributed by atoms with Crippen LogP contribution in [0, 0.1) is 0 Å². The Kier molecular flexibility index (Phi) is 4.34. The molecule has 1 aromatic rings. The maximum Gasteiger partial charge on any atom is 0.0859 e. The standard InChI is InChI=1S/C16H19NS3/c1-4-17(5-2)16-12(3)15-11-14(18-20(15)19-16)13-9-7-6-8-10-13/h6-11H,4-5H2,1-3H3. The molecular weight excluding hydrogens is 302 g/mol. The lowest BCUT2D eigenvalue weighted by Gasteiger charge is -2.23. The van der Waals surface area contributed by atoms with Gasteiger partial charge in [-0.2, -0.15) is 0 Å². The van der Waals surface area contributed by atoms with Crippen LogP contribution in [0.1, 0.15) is 26.3 Å². The summed E-state index contributed by atoms with van der Waals surface area (Å²) in [6.45, 7) is 8.96. The Balaban J connectivity index is 1.87. The molecule has 106 valence electrons. The largest absolute Gasteiger partial charge is 0.366 e. The third kappa shape index (κ3) is 2.49. The van der Waals surface area contributed by atoms with Crippen LogP contribution in [-0.2, 0) is 0 Å². The molecule has 4 heteroatoms. The molecule has 1 atom stereocenters. The van der Waals surface area contributed by atoms with Gasteiger partial charge in [-0.3, -0.25) is 0 Å². The Morgan fingerprint density at radius 1 is 1.05 bits per heavy atom. The molecule has 0 bridgehead atoms. The summed E-state index contributed by atoms with van der Waals surface area (Å²) in [6, 6.07) is 10.7. The lowest BCUT2D eigenvalue weighted by Crippen LogP contribution is -2.21. The molecule has 0 saturated carbocycles. The van der Waals surface area contributed by atoms with Gasteiger partial charge in [0.25, 0.3) is 0 Å². The maximum atomic E-state index is 2.48. The van der Waals surface area contributed by atoms with Crippen molar-refractivity contribution in [3.63, 3.8) is 0 Å². The minimum absolute atomic E-state index is 0.259. The van der Waals surface area contributed by atoms with Crippen LogP contribution in [0.15, 0.2) is 47.0 Å². The van der Waals surface area contributed by atoms with E-state index in [1.165, 1.54) is 21.1 Å². The fourth-order valence-electron chi connectivity index (χ4n) is 2.39. The molecule has 3 rings (SSSR count). The highest BCUT2D eigenvalue weighted by molar-refractivity contribution is 9.18. The Morgan fingerprint density at radius 3 is 2.35 bits per heavy atom. The third-order valence-corrected chi connectivity index (χ3v) is 10.1. The van der Waals surface area contributed by atoms with Gasteiger partial charge in [-0.1, -0.05) is 49.7 Å². The smallest absolute Gasteiger partial charge is 0.0859 e. The number of hydrogen-bond acceptors (Lipinski definition) is 3. The van der Waals surface area contributed by atoms with Crippen molar-refractivity contribution in [1.29, 1.82) is 0 Å². The summed E-state index contributed by atoms with van der Waals surface area (Å²) in [6.07, 6.45) is 2.40. The van der Waals surface area contributed by atoms with E-state index in [1.54, 1.807) is 4.86 Å². The average Bonchev–Trinajstić information content (AvgIpc) is 3.02. The van der Waals surface area contributed by atoms with Crippen molar-refractivity contribution in [3.8, 4) is 0 Å². The Labute approximate surface area is 131 Å². The van der Waals surface area contributed by atoms with Crippen LogP contribution in [0.5, 0.6) is 0 Å². The summed E-state index contributed by atoms with van der Waals surface area (Å²) in [7, 11) is 4.34. The first kappa shape index (κ1) is 14.4. The summed E-state index contributed by atoms with van der Waals surface area (Å²) >= 11 is 0. The second-order valence-corrected chi connectivity index (χ2v) is 10.4. The van der Waals surface area contributed by atoms with E-state index >= 15 is 0 Å². The summed E-state index contributed by atoms with van der Waals surface area (Å²) in [5, 5.41) is 1.49. The summed E-state index contributed by atoms with van der Waals surface area (Å²) in [4.78, 5) is 5.45. The molecule has 0 aliphatic carbocycles. The molecule has 2 aliphatic heterocycles. The van der Waals surface area contributed by atoms with Gasteiger partial charge in [-0.25, -0.2) is 0 Å². The molecule has 0 aromatic heterocycles. The lowest BCUT2D eigenvalue weighted by atomic mass is 10.1. The Bertz CT molecular complexity index is 610. The van der Waals surface area contributed by atoms with Gasteiger partial charge >= 0.3 is 0 Å². The van der Waals surface area contributed by atoms with Crippen molar-refractivity contribution < 1.29 is 0 Å². The van der Waals surface area contributed by atoms with Gasteiger partial charge in [0.1, 0.15) is 0 Å². The van der Waals surface area contributed by atoms with Crippen molar-refractivity contribution in [2.24, 2.45) is 0 Å². The highest BCUT2D eigenvalue weighted by Crippen LogP contribution is 2.63. The highest BCUT2D eigenvalue weighted by atomic mass is 33.5. The van der Waals surface area contributed by atoms with Crippen LogP contribution >= 0.6 is 30.1 Å². The van der Waals surface area contributed by atoms with Crippen molar-refractivity contribution >= 4 is 39.9 Å². The van der Waals surface area contributed by atoms with Gasteiger partial charge in [0.2, 0.25) is 0 Å². The highest BCUT2D eigenvalue weighted by Gasteiger charge is 2.29. The van der Waals surface area contributed by atoms with Crippen molar-refractivity contribution in [2.75, 3.05) is 13.1 Å². The summed E-state index contributed by atoms with van der Waals surface area (Å²) < 4.78 is 0. The lowest BCUT2D eigenvalue weighted by molar-refractivity contribution is 0.407. The van der Waals surface area contributed by atoms with Gasteiger partial charge in [0.15, 0.2) is 0 Å². The fraction of sp³-hybridized carbons (Fsp3) is 0.312. The van der Waals surface area contributed by atoms with E-state index in [9.17, 15) is 0 Å². The molecule has 0 saturated heterocycles. The predicted octanol–water partition coefficient (Wildman–Crippen LogP) is 5.37. The van der Waals surface area contributed by atoms with Crippen molar-refractivity contribution in [2.45, 2.75) is 20.8 Å². The van der Waals surface area contributed by atoms with E-state index in [2.05, 4.69) is 72.9 Å². The molecular formula is C16H19NS3. The molecule has 0 fully saturated rings. The van der Waals surface area contributed by atoms with Crippen LogP contribution in [0.25, 0.3) is 4.91 Å². The molecule has 20 heavy (non-hydrogen) atoms. The first-order valence-corrected chi connectivity index (χ1v) is 10.8. The molecule has 2 heterocycles. The van der Waals surface area contributed by atoms with E-state index in [0.717, 1.165) is 13.1 Å². The Hall–Kier alpha value is -0.580. The first-order chi connectivity index (χ1) is 9.74. The zero-order chi connectivity index (χ0) is 14.1. The molecule has 0 amide bonds. The van der Waals surface area contributed by atoms with Gasteiger partial charge in [0, 0.05) is 22.9 Å². The van der Waals surface area contributed by atoms with Crippen LogP contribution in [0.3, 0.4) is 0 Å². The van der Waals surface area contributed by atoms with Gasteiger partial charge in [-0.15, -0.1) is 0 Å². The van der Waals surface area contributed by atoms with Crippen LogP contribution < -0.4 is 0 Å². The average molecular weight is 322 g/mol. The number of hydrogen-bond donors (Lipinski definition) is 0. The number of rotatable bonds is 4. The molecule has 2 aliphatic rings. The van der Waals surface area contributed by atoms with E-state index < -0.39 is 0 Å². The van der Waals surface area contributed by atoms with Crippen LogP contribution in [0.4, 0.5) is 0 Å². The maximum absolute atomic E-state index is 2.48. The van der Waals surface area contributed by atoms with Crippen molar-refractivity contribution in [3.05, 3.63) is 52.6 Å². The van der Waals surface area contributed by atoms with E-state index in [1.807, 2.05) is 10.8 Å². The quantitative estimate of drug-likeness (QED) is 0.542. The number of nitrogens with zero attached hydrogens (tertiary/aromatic N) is 1. The van der Waals surface area contributed by atoms with Gasteiger partial charge in [-0.05, 0) is 48.8 Å². The predicted molar refractivity (Wildman–Crippen MR) is 97.8 cm³/mol. The second kappa shape index (κ2) is 6.04. The fourth-order valence-corrected chi connectivity index (χ4v) is 9.87. The van der Waals surface area contributed by atoms with Crippen LogP contribution in [0.2, 0.25) is 0 Å². The van der Waals surface area contributed by atoms with Gasteiger partial charge in [0.05, 0.1) is 5.03 Å². The first-order valence-electron chi connectivity index (χ1n) is 6.95. The molecule has 0 spiro atoms. The monoisotopic (exact) mass is 321 g/mol. The van der Waals surface area contributed by atoms with Gasteiger partial charge < -0.3 is 4.90 Å². The topological polar surface area (TPSA) is 3.24 Å². The normalized spacial score (nSPS) is 21.2. The molecule has 1 nitrogen and oxygen atoms in total. The van der Waals surface area contributed by atoms with Crippen molar-refractivity contribution in [1.82, 2.24) is 4.90 Å². The molecule has 0 N–H and O–H groups in total. The molecule has 1 aromatic carbocycles. The number of benzene rings is 1. The minimum atomic E-state index is 0.259. The zero-order valence-corrected chi connectivity index (χ0v) is 14.5. The number of allylic oxidation sites excluding steroid dienone is 2. The van der Waals surface area contributed by atoms with E-state index in [4.69, 9.17) is 0 Å². The summed E-state index contributed by atoms with van der Waals surface area (Å²) in [5.74, 6) is 0. The SMILES string of the molecule is CCN(CC)C1=C(C)C2=S(SC(c3ccccc3)=C2)S1. The van der Waals surface area contributed by atoms with Crippen LogP contribution in [-0.4, -0.2) is 22.9 Å².